The largest absolute Gasteiger partial charge is 0.493 e. The molecule has 38 heavy (non-hydrogen) atoms. The predicted molar refractivity (Wildman–Crippen MR) is 142 cm³/mol. The first-order chi connectivity index (χ1) is 18.6. The van der Waals surface area contributed by atoms with Crippen LogP contribution in [0.5, 0.6) is 11.5 Å². The number of nitrogens with zero attached hydrogens (tertiary/aromatic N) is 2. The normalized spacial score (nSPS) is 14.7. The topological polar surface area (TPSA) is 60.9 Å². The van der Waals surface area contributed by atoms with Crippen molar-refractivity contribution in [1.29, 1.82) is 0 Å². The molecular weight excluding hydrogens is 483 g/mol. The molecule has 1 fully saturated rings. The fourth-order valence-electron chi connectivity index (χ4n) is 4.48. The highest BCUT2D eigenvalue weighted by molar-refractivity contribution is 5.94. The Balaban J connectivity index is 1.38. The van der Waals surface area contributed by atoms with Crippen molar-refractivity contribution in [2.45, 2.75) is 25.6 Å². The summed E-state index contributed by atoms with van der Waals surface area (Å²) in [5.74, 6) is 0.850. The van der Waals surface area contributed by atoms with E-state index in [1.807, 2.05) is 48.5 Å². The maximum absolute atomic E-state index is 13.7. The molecule has 1 aliphatic rings. The Morgan fingerprint density at radius 2 is 1.82 bits per heavy atom. The van der Waals surface area contributed by atoms with E-state index >= 15 is 0 Å². The maximum Gasteiger partial charge on any atom is 0.254 e. The van der Waals surface area contributed by atoms with Gasteiger partial charge in [0.05, 0.1) is 20.3 Å². The van der Waals surface area contributed by atoms with Crippen LogP contribution in [0.4, 0.5) is 4.39 Å². The van der Waals surface area contributed by atoms with Crippen molar-refractivity contribution in [2.24, 2.45) is 0 Å². The number of rotatable bonds is 9. The van der Waals surface area contributed by atoms with Gasteiger partial charge in [-0.3, -0.25) is 9.78 Å². The lowest BCUT2D eigenvalue weighted by Gasteiger charge is -2.24. The molecule has 0 radical (unpaired) electrons. The summed E-state index contributed by atoms with van der Waals surface area (Å²) >= 11 is 0. The van der Waals surface area contributed by atoms with E-state index in [9.17, 15) is 9.18 Å². The van der Waals surface area contributed by atoms with Gasteiger partial charge in [-0.1, -0.05) is 36.4 Å². The van der Waals surface area contributed by atoms with Crippen molar-refractivity contribution in [1.82, 2.24) is 9.88 Å². The predicted octanol–water partition coefficient (Wildman–Crippen LogP) is 5.91. The molecule has 0 N–H and O–H groups in total. The molecule has 1 amide bonds. The minimum atomic E-state index is -0.297. The van der Waals surface area contributed by atoms with Crippen LogP contribution < -0.4 is 9.47 Å². The molecular formula is C31H29FN2O4. The van der Waals surface area contributed by atoms with Crippen LogP contribution in [0.2, 0.25) is 0 Å². The van der Waals surface area contributed by atoms with E-state index in [-0.39, 0.29) is 17.8 Å². The summed E-state index contributed by atoms with van der Waals surface area (Å²) in [5.41, 5.74) is 3.97. The van der Waals surface area contributed by atoms with Crippen LogP contribution in [0.15, 0.2) is 91.3 Å². The highest BCUT2D eigenvalue weighted by Gasteiger charge is 2.21. The minimum Gasteiger partial charge on any atom is -0.493 e. The Morgan fingerprint density at radius 3 is 2.53 bits per heavy atom. The Hall–Kier alpha value is -4.23. The van der Waals surface area contributed by atoms with Crippen LogP contribution in [0, 0.1) is 5.82 Å². The average molecular weight is 513 g/mol. The number of ether oxygens (including phenoxy) is 3. The first-order valence-electron chi connectivity index (χ1n) is 12.5. The van der Waals surface area contributed by atoms with E-state index in [1.54, 1.807) is 42.6 Å². The third kappa shape index (κ3) is 6.18. The van der Waals surface area contributed by atoms with Crippen molar-refractivity contribution >= 4 is 5.91 Å². The summed E-state index contributed by atoms with van der Waals surface area (Å²) in [6, 6.07) is 23.2. The molecule has 0 aliphatic carbocycles. The van der Waals surface area contributed by atoms with Crippen LogP contribution >= 0.6 is 0 Å². The lowest BCUT2D eigenvalue weighted by atomic mass is 10.0. The summed E-state index contributed by atoms with van der Waals surface area (Å²) in [4.78, 5) is 19.7. The summed E-state index contributed by atoms with van der Waals surface area (Å²) in [6.45, 7) is 2.01. The van der Waals surface area contributed by atoms with Crippen LogP contribution in [-0.2, 0) is 17.8 Å². The molecule has 0 unspecified atom stereocenters. The zero-order valence-electron chi connectivity index (χ0n) is 21.2. The number of halogens is 1. The molecule has 194 valence electrons. The quantitative estimate of drug-likeness (QED) is 0.279. The standard InChI is InChI=1S/C31H29FN2O4/c1-36-30-16-22(7-12-29(30)38-28-13-15-37-21-28)19-34(20-23-4-3-14-33-18-23)31(35)25-10-8-24(9-11-25)26-5-2-6-27(32)17-26/h2-12,14,16-18,28H,13,15,19-21H2,1H3/t28-/m0/s1. The molecule has 1 saturated heterocycles. The fraction of sp³-hybridized carbons (Fsp3) is 0.226. The average Bonchev–Trinajstić information content (AvgIpc) is 3.47. The second-order valence-electron chi connectivity index (χ2n) is 9.20. The van der Waals surface area contributed by atoms with Gasteiger partial charge in [-0.15, -0.1) is 0 Å². The van der Waals surface area contributed by atoms with Gasteiger partial charge in [0.1, 0.15) is 11.9 Å². The second-order valence-corrected chi connectivity index (χ2v) is 9.20. The van der Waals surface area contributed by atoms with E-state index in [4.69, 9.17) is 14.2 Å². The number of benzene rings is 3. The highest BCUT2D eigenvalue weighted by Crippen LogP contribution is 2.31. The zero-order chi connectivity index (χ0) is 26.3. The maximum atomic E-state index is 13.7. The van der Waals surface area contributed by atoms with Gasteiger partial charge in [0.25, 0.3) is 5.91 Å². The van der Waals surface area contributed by atoms with Crippen molar-refractivity contribution in [2.75, 3.05) is 20.3 Å². The van der Waals surface area contributed by atoms with E-state index in [1.165, 1.54) is 12.1 Å². The van der Waals surface area contributed by atoms with E-state index in [0.717, 1.165) is 28.7 Å². The van der Waals surface area contributed by atoms with Crippen molar-refractivity contribution in [3.8, 4) is 22.6 Å². The van der Waals surface area contributed by atoms with Gasteiger partial charge in [-0.25, -0.2) is 4.39 Å². The van der Waals surface area contributed by atoms with Gasteiger partial charge in [0.2, 0.25) is 0 Å². The number of pyridine rings is 1. The van der Waals surface area contributed by atoms with Gasteiger partial charge in [-0.2, -0.15) is 0 Å². The van der Waals surface area contributed by atoms with Crippen LogP contribution in [-0.4, -0.2) is 42.2 Å². The first kappa shape index (κ1) is 25.4. The molecule has 0 saturated carbocycles. The molecule has 0 spiro atoms. The van der Waals surface area contributed by atoms with Crippen LogP contribution in [0.25, 0.3) is 11.1 Å². The Morgan fingerprint density at radius 1 is 0.974 bits per heavy atom. The third-order valence-electron chi connectivity index (χ3n) is 6.46. The van der Waals surface area contributed by atoms with E-state index in [2.05, 4.69) is 4.98 Å². The monoisotopic (exact) mass is 512 g/mol. The molecule has 2 heterocycles. The van der Waals surface area contributed by atoms with Gasteiger partial charge >= 0.3 is 0 Å². The number of aromatic nitrogens is 1. The molecule has 1 aliphatic heterocycles. The third-order valence-corrected chi connectivity index (χ3v) is 6.46. The molecule has 1 atom stereocenters. The molecule has 1 aromatic heterocycles. The SMILES string of the molecule is COc1cc(CN(Cc2cccnc2)C(=O)c2ccc(-c3cccc(F)c3)cc2)ccc1O[C@H]1CCOC1. The Labute approximate surface area is 221 Å². The summed E-state index contributed by atoms with van der Waals surface area (Å²) < 4.78 is 30.7. The molecule has 3 aromatic carbocycles. The molecule has 4 aromatic rings. The number of methoxy groups -OCH3 is 1. The molecule has 0 bridgehead atoms. The van der Waals surface area contributed by atoms with Gasteiger partial charge in [0.15, 0.2) is 11.5 Å². The van der Waals surface area contributed by atoms with Crippen molar-refractivity contribution < 1.29 is 23.4 Å². The smallest absolute Gasteiger partial charge is 0.254 e. The van der Waals surface area contributed by atoms with Crippen LogP contribution in [0.3, 0.4) is 0 Å². The minimum absolute atomic E-state index is 0.00811. The lowest BCUT2D eigenvalue weighted by molar-refractivity contribution is 0.0729. The highest BCUT2D eigenvalue weighted by atomic mass is 19.1. The second kappa shape index (κ2) is 11.9. The first-order valence-corrected chi connectivity index (χ1v) is 12.5. The zero-order valence-corrected chi connectivity index (χ0v) is 21.2. The van der Waals surface area contributed by atoms with E-state index in [0.29, 0.717) is 43.4 Å². The summed E-state index contributed by atoms with van der Waals surface area (Å²) in [7, 11) is 1.61. The fourth-order valence-corrected chi connectivity index (χ4v) is 4.48. The van der Waals surface area contributed by atoms with Crippen LogP contribution in [0.1, 0.15) is 27.9 Å². The van der Waals surface area contributed by atoms with Crippen molar-refractivity contribution in [3.63, 3.8) is 0 Å². The number of carbonyl (C=O) groups is 1. The van der Waals surface area contributed by atoms with Gasteiger partial charge in [-0.05, 0) is 64.7 Å². The molecule has 5 rings (SSSR count). The Kier molecular flexibility index (Phi) is 7.95. The van der Waals surface area contributed by atoms with Gasteiger partial charge in [0, 0.05) is 37.5 Å². The number of amides is 1. The molecule has 7 heteroatoms. The Bertz CT molecular complexity index is 1370. The molecule has 6 nitrogen and oxygen atoms in total. The van der Waals surface area contributed by atoms with E-state index < -0.39 is 0 Å². The summed E-state index contributed by atoms with van der Waals surface area (Å²) in [5, 5.41) is 0. The van der Waals surface area contributed by atoms with Gasteiger partial charge < -0.3 is 19.1 Å². The lowest BCUT2D eigenvalue weighted by Crippen LogP contribution is -2.30. The summed E-state index contributed by atoms with van der Waals surface area (Å²) in [6.07, 6.45) is 4.32. The number of hydrogen-bond donors (Lipinski definition) is 0. The van der Waals surface area contributed by atoms with Crippen molar-refractivity contribution in [3.05, 3.63) is 114 Å². The number of carbonyl (C=O) groups excluding carboxylic acids is 1. The number of hydrogen-bond acceptors (Lipinski definition) is 5.